The lowest BCUT2D eigenvalue weighted by atomic mass is 10.0. The summed E-state index contributed by atoms with van der Waals surface area (Å²) in [6, 6.07) is -0.457. The van der Waals surface area contributed by atoms with Crippen molar-refractivity contribution in [2.45, 2.75) is 54.0 Å². The quantitative estimate of drug-likeness (QED) is 0.269. The minimum absolute atomic E-state index is 0.138. The third-order valence-corrected chi connectivity index (χ3v) is 4.05. The molecule has 0 aliphatic carbocycles. The van der Waals surface area contributed by atoms with Gasteiger partial charge < -0.3 is 25.3 Å². The Morgan fingerprint density at radius 1 is 0.933 bits per heavy atom. The van der Waals surface area contributed by atoms with E-state index < -0.39 is 6.04 Å². The summed E-state index contributed by atoms with van der Waals surface area (Å²) in [6.45, 7) is 26.0. The van der Waals surface area contributed by atoms with Crippen LogP contribution < -0.4 is 11.1 Å². The third kappa shape index (κ3) is 29.3. The molecule has 0 heterocycles. The van der Waals surface area contributed by atoms with Crippen LogP contribution in [0.2, 0.25) is 0 Å². The molecule has 1 amide bonds. The van der Waals surface area contributed by atoms with Crippen molar-refractivity contribution < 1.29 is 19.0 Å². The molecule has 0 aromatic heterocycles. The number of thioether (sulfide) groups is 1. The maximum Gasteiger partial charge on any atom is 0.237 e. The standard InChI is InChI=1S/C17H34N2O4S.2C2H6.C2H4/c1-14(2)15(3)5-7-21-9-11-23-12-10-22-8-6-19-17(20)16(18)13-24-4;3*1-2/h14,16H,3,5-13,18H2,1-2,4H3,(H,19,20);2*1-2H3;1-2H2. The molecule has 0 spiro atoms. The first kappa shape index (κ1) is 36.5. The van der Waals surface area contributed by atoms with Crippen molar-refractivity contribution in [3.05, 3.63) is 25.3 Å². The predicted molar refractivity (Wildman–Crippen MR) is 134 cm³/mol. The molecule has 0 saturated carbocycles. The first-order valence-corrected chi connectivity index (χ1v) is 12.3. The molecular weight excluding hydrogens is 400 g/mol. The van der Waals surface area contributed by atoms with Crippen LogP contribution in [-0.4, -0.2) is 70.1 Å². The van der Waals surface area contributed by atoms with Crippen molar-refractivity contribution >= 4 is 17.7 Å². The fourth-order valence-corrected chi connectivity index (χ4v) is 2.18. The van der Waals surface area contributed by atoms with E-state index in [0.29, 0.717) is 57.9 Å². The Kier molecular flexibility index (Phi) is 39.9. The highest BCUT2D eigenvalue weighted by Gasteiger charge is 2.11. The molecule has 0 aromatic rings. The molecule has 1 unspecified atom stereocenters. The summed E-state index contributed by atoms with van der Waals surface area (Å²) < 4.78 is 16.3. The van der Waals surface area contributed by atoms with Crippen LogP contribution in [0.15, 0.2) is 25.3 Å². The fraction of sp³-hybridized carbons (Fsp3) is 0.783. The molecule has 3 N–H and O–H groups in total. The minimum atomic E-state index is -0.457. The molecule has 0 rings (SSSR count). The van der Waals surface area contributed by atoms with Crippen LogP contribution in [0.1, 0.15) is 48.0 Å². The summed E-state index contributed by atoms with van der Waals surface area (Å²) in [4.78, 5) is 11.5. The van der Waals surface area contributed by atoms with Crippen LogP contribution >= 0.6 is 11.8 Å². The van der Waals surface area contributed by atoms with Crippen molar-refractivity contribution in [1.29, 1.82) is 0 Å². The molecule has 7 heteroatoms. The number of hydrogen-bond donors (Lipinski definition) is 2. The average Bonchev–Trinajstić information content (AvgIpc) is 2.78. The lowest BCUT2D eigenvalue weighted by Gasteiger charge is -2.11. The monoisotopic (exact) mass is 450 g/mol. The number of nitrogens with two attached hydrogens (primary N) is 1. The van der Waals surface area contributed by atoms with E-state index in [0.717, 1.165) is 6.42 Å². The van der Waals surface area contributed by atoms with Gasteiger partial charge in [-0.15, -0.1) is 13.2 Å². The van der Waals surface area contributed by atoms with Gasteiger partial charge in [-0.25, -0.2) is 0 Å². The summed E-state index contributed by atoms with van der Waals surface area (Å²) in [6.07, 6.45) is 2.82. The van der Waals surface area contributed by atoms with Crippen LogP contribution in [0.4, 0.5) is 0 Å². The van der Waals surface area contributed by atoms with Gasteiger partial charge in [-0.2, -0.15) is 11.8 Å². The van der Waals surface area contributed by atoms with Gasteiger partial charge in [0, 0.05) is 12.3 Å². The second-order valence-corrected chi connectivity index (χ2v) is 6.66. The number of amides is 1. The topological polar surface area (TPSA) is 82.8 Å². The molecule has 0 saturated heterocycles. The van der Waals surface area contributed by atoms with Crippen LogP contribution in [0.25, 0.3) is 0 Å². The molecule has 1 atom stereocenters. The highest BCUT2D eigenvalue weighted by Crippen LogP contribution is 2.10. The van der Waals surface area contributed by atoms with Crippen molar-refractivity contribution in [2.75, 3.05) is 58.2 Å². The number of carbonyl (C=O) groups excluding carboxylic acids is 1. The SMILES string of the molecule is C=C.C=C(CCOCCOCCOCCNC(=O)C(N)CSC)C(C)C.CC.CC. The maximum atomic E-state index is 11.5. The summed E-state index contributed by atoms with van der Waals surface area (Å²) in [7, 11) is 0. The first-order valence-electron chi connectivity index (χ1n) is 10.9. The van der Waals surface area contributed by atoms with Gasteiger partial charge in [0.1, 0.15) is 0 Å². The first-order chi connectivity index (χ1) is 14.5. The molecule has 6 nitrogen and oxygen atoms in total. The molecule has 0 aliphatic rings. The fourth-order valence-electron chi connectivity index (χ4n) is 1.67. The molecule has 182 valence electrons. The van der Waals surface area contributed by atoms with Crippen molar-refractivity contribution in [3.8, 4) is 0 Å². The Balaban J connectivity index is -0.000000512. The number of hydrogen-bond acceptors (Lipinski definition) is 6. The lowest BCUT2D eigenvalue weighted by molar-refractivity contribution is -0.122. The zero-order valence-corrected chi connectivity index (χ0v) is 21.6. The van der Waals surface area contributed by atoms with E-state index >= 15 is 0 Å². The van der Waals surface area contributed by atoms with Gasteiger partial charge in [0.25, 0.3) is 0 Å². The van der Waals surface area contributed by atoms with E-state index in [2.05, 4.69) is 38.9 Å². The Morgan fingerprint density at radius 3 is 1.80 bits per heavy atom. The predicted octanol–water partition coefficient (Wildman–Crippen LogP) is 4.30. The Morgan fingerprint density at radius 2 is 1.37 bits per heavy atom. The van der Waals surface area contributed by atoms with Crippen molar-refractivity contribution in [2.24, 2.45) is 11.7 Å². The lowest BCUT2D eigenvalue weighted by Crippen LogP contribution is -2.43. The van der Waals surface area contributed by atoms with E-state index in [-0.39, 0.29) is 5.91 Å². The minimum Gasteiger partial charge on any atom is -0.379 e. The van der Waals surface area contributed by atoms with Crippen LogP contribution in [0.5, 0.6) is 0 Å². The van der Waals surface area contributed by atoms with E-state index in [4.69, 9.17) is 19.9 Å². The number of ether oxygens (including phenoxy) is 3. The highest BCUT2D eigenvalue weighted by atomic mass is 32.2. The smallest absolute Gasteiger partial charge is 0.237 e. The molecule has 0 aliphatic heterocycles. The molecular formula is C23H50N2O4S. The van der Waals surface area contributed by atoms with Gasteiger partial charge in [-0.05, 0) is 18.6 Å². The second kappa shape index (κ2) is 32.8. The normalized spacial score (nSPS) is 10.4. The van der Waals surface area contributed by atoms with Gasteiger partial charge in [0.15, 0.2) is 0 Å². The second-order valence-electron chi connectivity index (χ2n) is 5.75. The molecule has 0 radical (unpaired) electrons. The zero-order valence-electron chi connectivity index (χ0n) is 20.8. The Hall–Kier alpha value is -0.860. The molecule has 0 bridgehead atoms. The molecule has 30 heavy (non-hydrogen) atoms. The van der Waals surface area contributed by atoms with Crippen LogP contribution in [-0.2, 0) is 19.0 Å². The van der Waals surface area contributed by atoms with Crippen molar-refractivity contribution in [3.63, 3.8) is 0 Å². The summed E-state index contributed by atoms with van der Waals surface area (Å²) in [5, 5.41) is 2.74. The number of carbonyl (C=O) groups is 1. The highest BCUT2D eigenvalue weighted by molar-refractivity contribution is 7.98. The van der Waals surface area contributed by atoms with E-state index in [1.165, 1.54) is 5.57 Å². The van der Waals surface area contributed by atoms with Gasteiger partial charge in [-0.1, -0.05) is 53.7 Å². The molecule has 0 aromatic carbocycles. The summed E-state index contributed by atoms with van der Waals surface area (Å²) >= 11 is 1.55. The van der Waals surface area contributed by atoms with E-state index in [9.17, 15) is 4.79 Å². The maximum absolute atomic E-state index is 11.5. The Bertz CT molecular complexity index is 356. The van der Waals surface area contributed by atoms with Gasteiger partial charge in [0.05, 0.1) is 45.7 Å². The van der Waals surface area contributed by atoms with E-state index in [1.807, 2.05) is 34.0 Å². The average molecular weight is 451 g/mol. The largest absolute Gasteiger partial charge is 0.379 e. The third-order valence-electron chi connectivity index (χ3n) is 3.36. The van der Waals surface area contributed by atoms with Gasteiger partial charge in [-0.3, -0.25) is 4.79 Å². The van der Waals surface area contributed by atoms with Crippen molar-refractivity contribution in [1.82, 2.24) is 5.32 Å². The van der Waals surface area contributed by atoms with Crippen LogP contribution in [0, 0.1) is 5.92 Å². The summed E-state index contributed by atoms with van der Waals surface area (Å²) in [5.41, 5.74) is 6.89. The number of nitrogens with one attached hydrogen (secondary N) is 1. The van der Waals surface area contributed by atoms with Crippen LogP contribution in [0.3, 0.4) is 0 Å². The molecule has 0 fully saturated rings. The summed E-state index contributed by atoms with van der Waals surface area (Å²) in [5.74, 6) is 0.989. The van der Waals surface area contributed by atoms with Gasteiger partial charge in [0.2, 0.25) is 5.91 Å². The van der Waals surface area contributed by atoms with Gasteiger partial charge >= 0.3 is 0 Å². The zero-order chi connectivity index (χ0) is 24.2. The van der Waals surface area contributed by atoms with E-state index in [1.54, 1.807) is 11.8 Å². The Labute approximate surface area is 191 Å². The number of rotatable bonds is 16.